The molecule has 2 N–H and O–H groups in total. The number of methoxy groups -OCH3 is 2. The van der Waals surface area contributed by atoms with Gasteiger partial charge in [-0.05, 0) is 50.8 Å². The van der Waals surface area contributed by atoms with Gasteiger partial charge < -0.3 is 24.8 Å². The molecule has 168 valence electrons. The van der Waals surface area contributed by atoms with Crippen LogP contribution in [0.2, 0.25) is 0 Å². The van der Waals surface area contributed by atoms with Gasteiger partial charge in [0.15, 0.2) is 18.1 Å². The Kier molecular flexibility index (Phi) is 7.04. The van der Waals surface area contributed by atoms with E-state index < -0.39 is 5.91 Å². The largest absolute Gasteiger partial charge is 0.493 e. The van der Waals surface area contributed by atoms with E-state index in [-0.39, 0.29) is 18.3 Å². The highest BCUT2D eigenvalue weighted by Crippen LogP contribution is 2.39. The quantitative estimate of drug-likeness (QED) is 0.685. The SMILES string of the molecule is COc1cc(C(=O)N2CCC(Cn3nc(C)cc3C)CC2)cc(OC)c1OCC(N)=O. The molecule has 0 spiro atoms. The number of aryl methyl sites for hydroxylation is 2. The number of likely N-dealkylation sites (tertiary alicyclic amines) is 1. The fourth-order valence-electron chi connectivity index (χ4n) is 3.89. The molecule has 2 amide bonds. The van der Waals surface area contributed by atoms with Crippen molar-refractivity contribution < 1.29 is 23.8 Å². The smallest absolute Gasteiger partial charge is 0.255 e. The highest BCUT2D eigenvalue weighted by molar-refractivity contribution is 5.95. The van der Waals surface area contributed by atoms with Crippen molar-refractivity contribution in [3.05, 3.63) is 35.2 Å². The summed E-state index contributed by atoms with van der Waals surface area (Å²) in [5.41, 5.74) is 7.78. The first-order valence-corrected chi connectivity index (χ1v) is 10.3. The van der Waals surface area contributed by atoms with E-state index in [1.807, 2.05) is 11.8 Å². The second-order valence-electron chi connectivity index (χ2n) is 7.81. The van der Waals surface area contributed by atoms with Gasteiger partial charge in [-0.25, -0.2) is 0 Å². The lowest BCUT2D eigenvalue weighted by atomic mass is 9.96. The number of ether oxygens (including phenoxy) is 3. The van der Waals surface area contributed by atoms with E-state index in [4.69, 9.17) is 19.9 Å². The Morgan fingerprint density at radius 1 is 1.10 bits per heavy atom. The molecule has 9 heteroatoms. The average molecular weight is 431 g/mol. The first-order valence-electron chi connectivity index (χ1n) is 10.3. The number of amides is 2. The zero-order chi connectivity index (χ0) is 22.5. The lowest BCUT2D eigenvalue weighted by Crippen LogP contribution is -2.39. The van der Waals surface area contributed by atoms with Gasteiger partial charge in [-0.15, -0.1) is 0 Å². The number of aromatic nitrogens is 2. The summed E-state index contributed by atoms with van der Waals surface area (Å²) in [6, 6.07) is 5.28. The molecule has 9 nitrogen and oxygen atoms in total. The number of primary amides is 1. The van der Waals surface area contributed by atoms with Crippen LogP contribution < -0.4 is 19.9 Å². The molecule has 1 aromatic carbocycles. The Balaban J connectivity index is 1.68. The van der Waals surface area contributed by atoms with Crippen LogP contribution in [0.25, 0.3) is 0 Å². The third-order valence-electron chi connectivity index (χ3n) is 5.50. The highest BCUT2D eigenvalue weighted by atomic mass is 16.5. The maximum Gasteiger partial charge on any atom is 0.255 e. The first kappa shape index (κ1) is 22.5. The van der Waals surface area contributed by atoms with Gasteiger partial charge >= 0.3 is 0 Å². The number of nitrogens with two attached hydrogens (primary N) is 1. The third-order valence-corrected chi connectivity index (χ3v) is 5.50. The molecular formula is C22H30N4O5. The number of rotatable bonds is 8. The second-order valence-corrected chi connectivity index (χ2v) is 7.81. The lowest BCUT2D eigenvalue weighted by molar-refractivity contribution is -0.120. The van der Waals surface area contributed by atoms with Crippen LogP contribution in [0.15, 0.2) is 18.2 Å². The van der Waals surface area contributed by atoms with E-state index in [1.165, 1.54) is 14.2 Å². The molecular weight excluding hydrogens is 400 g/mol. The van der Waals surface area contributed by atoms with E-state index in [1.54, 1.807) is 12.1 Å². The summed E-state index contributed by atoms with van der Waals surface area (Å²) in [6.45, 7) is 5.96. The number of hydrogen-bond donors (Lipinski definition) is 1. The van der Waals surface area contributed by atoms with Gasteiger partial charge in [-0.3, -0.25) is 14.3 Å². The van der Waals surface area contributed by atoms with Crippen molar-refractivity contribution in [3.8, 4) is 17.2 Å². The fourth-order valence-corrected chi connectivity index (χ4v) is 3.89. The molecule has 1 aromatic heterocycles. The van der Waals surface area contributed by atoms with Crippen molar-refractivity contribution in [1.29, 1.82) is 0 Å². The van der Waals surface area contributed by atoms with E-state index in [9.17, 15) is 9.59 Å². The molecule has 2 aromatic rings. The molecule has 0 radical (unpaired) electrons. The van der Waals surface area contributed by atoms with Crippen molar-refractivity contribution in [3.63, 3.8) is 0 Å². The molecule has 1 saturated heterocycles. The molecule has 1 fully saturated rings. The van der Waals surface area contributed by atoms with Gasteiger partial charge in [0.05, 0.1) is 19.9 Å². The maximum absolute atomic E-state index is 13.1. The predicted octanol–water partition coefficient (Wildman–Crippen LogP) is 1.93. The minimum absolute atomic E-state index is 0.0948. The topological polar surface area (TPSA) is 109 Å². The lowest BCUT2D eigenvalue weighted by Gasteiger charge is -2.32. The van der Waals surface area contributed by atoms with Crippen LogP contribution in [0, 0.1) is 19.8 Å². The summed E-state index contributed by atoms with van der Waals surface area (Å²) in [6.07, 6.45) is 1.83. The van der Waals surface area contributed by atoms with Crippen molar-refractivity contribution in [2.75, 3.05) is 33.9 Å². The Bertz CT molecular complexity index is 922. The fraction of sp³-hybridized carbons (Fsp3) is 0.500. The van der Waals surface area contributed by atoms with Crippen molar-refractivity contribution in [2.24, 2.45) is 11.7 Å². The number of nitrogens with zero attached hydrogens (tertiary/aromatic N) is 3. The Morgan fingerprint density at radius 3 is 2.19 bits per heavy atom. The van der Waals surface area contributed by atoms with Crippen LogP contribution in [-0.2, 0) is 11.3 Å². The molecule has 0 bridgehead atoms. The van der Waals surface area contributed by atoms with Crippen LogP contribution in [-0.4, -0.2) is 60.4 Å². The Labute approximate surface area is 182 Å². The third kappa shape index (κ3) is 5.28. The number of benzene rings is 1. The first-order chi connectivity index (χ1) is 14.8. The Hall–Kier alpha value is -3.23. The summed E-state index contributed by atoms with van der Waals surface area (Å²) in [5, 5.41) is 4.55. The summed E-state index contributed by atoms with van der Waals surface area (Å²) in [4.78, 5) is 26.0. The summed E-state index contributed by atoms with van der Waals surface area (Å²) >= 11 is 0. The monoisotopic (exact) mass is 430 g/mol. The van der Waals surface area contributed by atoms with Crippen LogP contribution in [0.5, 0.6) is 17.2 Å². The highest BCUT2D eigenvalue weighted by Gasteiger charge is 2.26. The molecule has 0 saturated carbocycles. The molecule has 1 aliphatic heterocycles. The summed E-state index contributed by atoms with van der Waals surface area (Å²) in [7, 11) is 2.93. The number of carbonyl (C=O) groups is 2. The second kappa shape index (κ2) is 9.72. The van der Waals surface area contributed by atoms with Gasteiger partial charge in [-0.1, -0.05) is 0 Å². The van der Waals surface area contributed by atoms with Crippen molar-refractivity contribution in [2.45, 2.75) is 33.2 Å². The van der Waals surface area contributed by atoms with Crippen LogP contribution >= 0.6 is 0 Å². The standard InChI is InChI=1S/C22H30N4O5/c1-14-9-15(2)26(24-14)12-16-5-7-25(8-6-16)22(28)17-10-18(29-3)21(19(11-17)30-4)31-13-20(23)27/h9-11,16H,5-8,12-13H2,1-4H3,(H2,23,27). The molecule has 3 rings (SSSR count). The molecule has 0 atom stereocenters. The van der Waals surface area contributed by atoms with Gasteiger partial charge in [0, 0.05) is 30.9 Å². The van der Waals surface area contributed by atoms with Gasteiger partial charge in [0.25, 0.3) is 11.8 Å². The van der Waals surface area contributed by atoms with Crippen LogP contribution in [0.3, 0.4) is 0 Å². The van der Waals surface area contributed by atoms with E-state index >= 15 is 0 Å². The zero-order valence-electron chi connectivity index (χ0n) is 18.5. The van der Waals surface area contributed by atoms with E-state index in [2.05, 4.69) is 22.8 Å². The van der Waals surface area contributed by atoms with E-state index in [0.29, 0.717) is 36.1 Å². The van der Waals surface area contributed by atoms with Crippen molar-refractivity contribution >= 4 is 11.8 Å². The molecule has 1 aliphatic rings. The molecule has 31 heavy (non-hydrogen) atoms. The number of piperidine rings is 1. The van der Waals surface area contributed by atoms with Crippen molar-refractivity contribution in [1.82, 2.24) is 14.7 Å². The van der Waals surface area contributed by atoms with Gasteiger partial charge in [0.2, 0.25) is 5.75 Å². The van der Waals surface area contributed by atoms with Crippen LogP contribution in [0.1, 0.15) is 34.6 Å². The zero-order valence-corrected chi connectivity index (χ0v) is 18.5. The number of hydrogen-bond acceptors (Lipinski definition) is 6. The maximum atomic E-state index is 13.1. The summed E-state index contributed by atoms with van der Waals surface area (Å²) < 4.78 is 18.2. The van der Waals surface area contributed by atoms with Gasteiger partial charge in [0.1, 0.15) is 0 Å². The summed E-state index contributed by atoms with van der Waals surface area (Å²) in [5.74, 6) is 0.626. The molecule has 0 aliphatic carbocycles. The number of carbonyl (C=O) groups excluding carboxylic acids is 2. The van der Waals surface area contributed by atoms with Crippen LogP contribution in [0.4, 0.5) is 0 Å². The molecule has 2 heterocycles. The minimum atomic E-state index is -0.618. The normalized spacial score (nSPS) is 14.4. The Morgan fingerprint density at radius 2 is 1.71 bits per heavy atom. The minimum Gasteiger partial charge on any atom is -0.493 e. The van der Waals surface area contributed by atoms with E-state index in [0.717, 1.165) is 30.8 Å². The molecule has 0 unspecified atom stereocenters. The average Bonchev–Trinajstić information content (AvgIpc) is 3.07. The van der Waals surface area contributed by atoms with Gasteiger partial charge in [-0.2, -0.15) is 5.10 Å². The predicted molar refractivity (Wildman–Crippen MR) is 115 cm³/mol.